The lowest BCUT2D eigenvalue weighted by Gasteiger charge is -2.13. The van der Waals surface area contributed by atoms with Crippen LogP contribution in [0.1, 0.15) is 0 Å². The van der Waals surface area contributed by atoms with Crippen molar-refractivity contribution in [1.29, 1.82) is 0 Å². The van der Waals surface area contributed by atoms with E-state index in [4.69, 9.17) is 9.97 Å². The first-order valence-corrected chi connectivity index (χ1v) is 14.2. The van der Waals surface area contributed by atoms with E-state index >= 15 is 0 Å². The zero-order chi connectivity index (χ0) is 27.6. The Bertz CT molecular complexity index is 2450. The third kappa shape index (κ3) is 3.23. The number of hydrogen-bond donors (Lipinski definition) is 0. The van der Waals surface area contributed by atoms with Crippen molar-refractivity contribution in [2.24, 2.45) is 0 Å². The van der Waals surface area contributed by atoms with Gasteiger partial charge in [0.1, 0.15) is 5.82 Å². The molecule has 6 aromatic carbocycles. The number of aromatic nitrogens is 4. The highest BCUT2D eigenvalue weighted by molar-refractivity contribution is 6.31. The van der Waals surface area contributed by atoms with E-state index in [1.54, 1.807) is 0 Å². The lowest BCUT2D eigenvalue weighted by Crippen LogP contribution is -1.98. The molecule has 0 saturated heterocycles. The molecular formula is C38H24N4. The van der Waals surface area contributed by atoms with Gasteiger partial charge in [0.05, 0.1) is 27.6 Å². The molecule has 9 rings (SSSR count). The molecule has 4 heteroatoms. The lowest BCUT2D eigenvalue weighted by molar-refractivity contribution is 1.10. The van der Waals surface area contributed by atoms with Crippen LogP contribution >= 0.6 is 0 Å². The monoisotopic (exact) mass is 536 g/mol. The molecule has 0 spiro atoms. The second-order valence-corrected chi connectivity index (χ2v) is 10.7. The minimum Gasteiger partial charge on any atom is -0.309 e. The van der Waals surface area contributed by atoms with Gasteiger partial charge in [-0.05, 0) is 72.1 Å². The molecule has 0 atom stereocenters. The molecule has 9 aromatic rings. The van der Waals surface area contributed by atoms with Gasteiger partial charge in [0.15, 0.2) is 0 Å². The summed E-state index contributed by atoms with van der Waals surface area (Å²) in [6, 6.07) is 49.2. The molecule has 0 amide bonds. The summed E-state index contributed by atoms with van der Waals surface area (Å²) < 4.78 is 4.64. The van der Waals surface area contributed by atoms with Crippen LogP contribution in [-0.4, -0.2) is 19.1 Å². The molecule has 0 N–H and O–H groups in total. The number of benzene rings is 6. The van der Waals surface area contributed by atoms with Crippen molar-refractivity contribution in [3.8, 4) is 22.8 Å². The van der Waals surface area contributed by atoms with E-state index in [9.17, 15) is 0 Å². The predicted molar refractivity (Wildman–Crippen MR) is 174 cm³/mol. The van der Waals surface area contributed by atoms with E-state index in [1.165, 1.54) is 32.6 Å². The molecule has 0 unspecified atom stereocenters. The minimum atomic E-state index is 0.928. The Morgan fingerprint density at radius 1 is 0.452 bits per heavy atom. The second-order valence-electron chi connectivity index (χ2n) is 10.7. The third-order valence-corrected chi connectivity index (χ3v) is 8.35. The molecule has 3 heterocycles. The highest BCUT2D eigenvalue weighted by Crippen LogP contribution is 2.41. The van der Waals surface area contributed by atoms with Gasteiger partial charge in [-0.25, -0.2) is 4.98 Å². The van der Waals surface area contributed by atoms with Gasteiger partial charge < -0.3 is 4.57 Å². The summed E-state index contributed by atoms with van der Waals surface area (Å²) in [7, 11) is 0. The zero-order valence-corrected chi connectivity index (χ0v) is 22.6. The summed E-state index contributed by atoms with van der Waals surface area (Å²) in [5.41, 5.74) is 8.73. The Kier molecular flexibility index (Phi) is 4.87. The molecule has 0 aliphatic rings. The molecule has 4 nitrogen and oxygen atoms in total. The van der Waals surface area contributed by atoms with E-state index in [1.807, 2.05) is 24.4 Å². The lowest BCUT2D eigenvalue weighted by atomic mass is 10.00. The van der Waals surface area contributed by atoms with Crippen molar-refractivity contribution in [3.63, 3.8) is 0 Å². The van der Waals surface area contributed by atoms with Gasteiger partial charge >= 0.3 is 0 Å². The fourth-order valence-electron chi connectivity index (χ4n) is 6.57. The Morgan fingerprint density at radius 3 is 1.93 bits per heavy atom. The van der Waals surface area contributed by atoms with Crippen LogP contribution in [0.4, 0.5) is 0 Å². The van der Waals surface area contributed by atoms with E-state index in [0.717, 1.165) is 44.7 Å². The largest absolute Gasteiger partial charge is 0.309 e. The van der Waals surface area contributed by atoms with Gasteiger partial charge in [-0.3, -0.25) is 9.55 Å². The molecule has 0 radical (unpaired) electrons. The molecule has 0 saturated carbocycles. The molecular weight excluding hydrogens is 512 g/mol. The van der Waals surface area contributed by atoms with Gasteiger partial charge in [0.2, 0.25) is 0 Å². The normalized spacial score (nSPS) is 11.8. The third-order valence-electron chi connectivity index (χ3n) is 8.35. The maximum absolute atomic E-state index is 5.07. The zero-order valence-electron chi connectivity index (χ0n) is 22.6. The van der Waals surface area contributed by atoms with E-state index in [-0.39, 0.29) is 0 Å². The van der Waals surface area contributed by atoms with Crippen LogP contribution in [0.2, 0.25) is 0 Å². The van der Waals surface area contributed by atoms with E-state index in [0.29, 0.717) is 0 Å². The van der Waals surface area contributed by atoms with Gasteiger partial charge in [0.25, 0.3) is 0 Å². The summed E-state index contributed by atoms with van der Waals surface area (Å²) in [5.74, 6) is 0.928. The van der Waals surface area contributed by atoms with Crippen molar-refractivity contribution in [1.82, 2.24) is 19.1 Å². The van der Waals surface area contributed by atoms with Crippen LogP contribution in [0.3, 0.4) is 0 Å². The Labute approximate surface area is 241 Å². The second kappa shape index (κ2) is 8.88. The molecule has 0 bridgehead atoms. The number of nitrogens with zero attached hydrogens (tertiary/aromatic N) is 4. The first-order valence-electron chi connectivity index (χ1n) is 14.2. The molecule has 0 aliphatic heterocycles. The fourth-order valence-corrected chi connectivity index (χ4v) is 6.57. The number of fused-ring (bicyclic) bond motifs is 9. The summed E-state index contributed by atoms with van der Waals surface area (Å²) >= 11 is 0. The first-order chi connectivity index (χ1) is 20.9. The van der Waals surface area contributed by atoms with E-state index < -0.39 is 0 Å². The predicted octanol–water partition coefficient (Wildman–Crippen LogP) is 9.49. The fraction of sp³-hybridized carbons (Fsp3) is 0. The van der Waals surface area contributed by atoms with Crippen molar-refractivity contribution >= 4 is 54.5 Å². The number of para-hydroxylation sites is 4. The highest BCUT2D eigenvalue weighted by atomic mass is 15.1. The summed E-state index contributed by atoms with van der Waals surface area (Å²) in [4.78, 5) is 9.93. The minimum absolute atomic E-state index is 0.928. The molecule has 196 valence electrons. The highest BCUT2D eigenvalue weighted by Gasteiger charge is 2.20. The summed E-state index contributed by atoms with van der Waals surface area (Å²) in [5, 5.41) is 6.05. The van der Waals surface area contributed by atoms with Crippen LogP contribution in [0, 0.1) is 0 Å². The quantitative estimate of drug-likeness (QED) is 0.211. The van der Waals surface area contributed by atoms with E-state index in [2.05, 4.69) is 130 Å². The average Bonchev–Trinajstić information content (AvgIpc) is 3.62. The van der Waals surface area contributed by atoms with Crippen LogP contribution in [0.5, 0.6) is 0 Å². The van der Waals surface area contributed by atoms with Gasteiger partial charge in [-0.2, -0.15) is 0 Å². The van der Waals surface area contributed by atoms with Crippen LogP contribution in [0.25, 0.3) is 77.3 Å². The molecule has 3 aromatic heterocycles. The standard InChI is InChI=1S/C38H24N4/c1-2-11-26(12-3-1)42-34-19-9-7-17-32(34)40-38(42)25-20-22-27(23-21-25)41-33-18-8-6-15-30(33)35-28-13-4-5-14-29(28)36-31(37(35)41)16-10-24-39-36/h1-24H. The summed E-state index contributed by atoms with van der Waals surface area (Å²) in [6.07, 6.45) is 1.89. The van der Waals surface area contributed by atoms with Crippen LogP contribution in [0.15, 0.2) is 146 Å². The molecule has 0 fully saturated rings. The number of pyridine rings is 1. The number of hydrogen-bond acceptors (Lipinski definition) is 2. The van der Waals surface area contributed by atoms with Crippen molar-refractivity contribution < 1.29 is 0 Å². The Morgan fingerprint density at radius 2 is 1.10 bits per heavy atom. The smallest absolute Gasteiger partial charge is 0.145 e. The average molecular weight is 537 g/mol. The Hall–Kier alpha value is -5.74. The Balaban J connectivity index is 1.32. The van der Waals surface area contributed by atoms with Crippen molar-refractivity contribution in [3.05, 3.63) is 146 Å². The topological polar surface area (TPSA) is 35.6 Å². The number of rotatable bonds is 3. The van der Waals surface area contributed by atoms with Crippen LogP contribution < -0.4 is 0 Å². The van der Waals surface area contributed by atoms with Gasteiger partial charge in [0, 0.05) is 44.7 Å². The van der Waals surface area contributed by atoms with Gasteiger partial charge in [-0.1, -0.05) is 72.8 Å². The molecule has 0 aliphatic carbocycles. The van der Waals surface area contributed by atoms with Crippen molar-refractivity contribution in [2.75, 3.05) is 0 Å². The maximum Gasteiger partial charge on any atom is 0.145 e. The molecule has 42 heavy (non-hydrogen) atoms. The maximum atomic E-state index is 5.07. The van der Waals surface area contributed by atoms with Crippen molar-refractivity contribution in [2.45, 2.75) is 0 Å². The van der Waals surface area contributed by atoms with Gasteiger partial charge in [-0.15, -0.1) is 0 Å². The summed E-state index contributed by atoms with van der Waals surface area (Å²) in [6.45, 7) is 0. The first kappa shape index (κ1) is 23.0. The van der Waals surface area contributed by atoms with Crippen LogP contribution in [-0.2, 0) is 0 Å². The SMILES string of the molecule is c1ccc(-n2c(-c3ccc(-n4c5ccccc5c5c6ccccc6c6ncccc6c54)cc3)nc3ccccc32)cc1. The number of imidazole rings is 1.